The second kappa shape index (κ2) is 9.67. The first kappa shape index (κ1) is 22.2. The van der Waals surface area contributed by atoms with Gasteiger partial charge < -0.3 is 14.2 Å². The molecule has 3 aromatic rings. The number of carbonyl (C=O) groups excluding carboxylic acids is 1. The number of morpholine rings is 1. The third-order valence-electron chi connectivity index (χ3n) is 5.79. The van der Waals surface area contributed by atoms with Gasteiger partial charge in [-0.3, -0.25) is 14.9 Å². The molecule has 0 radical (unpaired) electrons. The van der Waals surface area contributed by atoms with Crippen LogP contribution >= 0.6 is 0 Å². The second-order valence-electron chi connectivity index (χ2n) is 7.71. The fraction of sp³-hybridized carbons (Fsp3) is 0.192. The molecule has 1 saturated heterocycles. The van der Waals surface area contributed by atoms with Gasteiger partial charge in [-0.05, 0) is 35.4 Å². The zero-order valence-electron chi connectivity index (χ0n) is 18.3. The summed E-state index contributed by atoms with van der Waals surface area (Å²) in [6.07, 6.45) is 3.42. The van der Waals surface area contributed by atoms with E-state index in [9.17, 15) is 14.9 Å². The van der Waals surface area contributed by atoms with Gasteiger partial charge in [-0.2, -0.15) is 0 Å². The van der Waals surface area contributed by atoms with Crippen LogP contribution in [0.4, 0.5) is 5.69 Å². The van der Waals surface area contributed by atoms with E-state index in [1.165, 1.54) is 12.1 Å². The van der Waals surface area contributed by atoms with Gasteiger partial charge >= 0.3 is 0 Å². The summed E-state index contributed by atoms with van der Waals surface area (Å²) in [6, 6.07) is 16.2. The van der Waals surface area contributed by atoms with E-state index in [0.717, 1.165) is 11.3 Å². The van der Waals surface area contributed by atoms with Crippen LogP contribution < -0.4 is 0 Å². The van der Waals surface area contributed by atoms with E-state index in [2.05, 4.69) is 13.2 Å². The Morgan fingerprint density at radius 1 is 1.00 bits per heavy atom. The van der Waals surface area contributed by atoms with Gasteiger partial charge in [-0.15, -0.1) is 0 Å². The van der Waals surface area contributed by atoms with Crippen LogP contribution in [0.1, 0.15) is 27.3 Å². The summed E-state index contributed by atoms with van der Waals surface area (Å²) in [5.74, 6) is -0.114. The smallest absolute Gasteiger partial charge is 0.269 e. The van der Waals surface area contributed by atoms with Crippen molar-refractivity contribution in [3.63, 3.8) is 0 Å². The zero-order chi connectivity index (χ0) is 23.4. The largest absolute Gasteiger partial charge is 0.378 e. The van der Waals surface area contributed by atoms with Crippen molar-refractivity contribution in [3.05, 3.63) is 100 Å². The molecule has 0 bridgehead atoms. The van der Waals surface area contributed by atoms with Crippen molar-refractivity contribution in [1.29, 1.82) is 0 Å². The van der Waals surface area contributed by atoms with E-state index in [-0.39, 0.29) is 11.6 Å². The number of benzene rings is 2. The Hall–Kier alpha value is -3.97. The monoisotopic (exact) mass is 443 g/mol. The molecule has 168 valence electrons. The predicted molar refractivity (Wildman–Crippen MR) is 129 cm³/mol. The van der Waals surface area contributed by atoms with Gasteiger partial charge in [-0.1, -0.05) is 43.5 Å². The SMILES string of the molecule is C=Cc1c(C(=O)N2CCOCC2)c(-c2ccc([N+](=O)[O-])cc2)c(C=C)n1Cc1ccccc1. The summed E-state index contributed by atoms with van der Waals surface area (Å²) in [6.45, 7) is 10.5. The molecule has 0 N–H and O–H groups in total. The molecule has 4 rings (SSSR count). The molecule has 1 aliphatic heterocycles. The van der Waals surface area contributed by atoms with Crippen molar-refractivity contribution >= 4 is 23.7 Å². The third-order valence-corrected chi connectivity index (χ3v) is 5.79. The standard InChI is InChI=1S/C26H25N3O4/c1-3-22-24(20-10-12-21(13-11-20)29(31)32)25(26(30)27-14-16-33-17-15-27)23(4-2)28(22)18-19-8-6-5-7-9-19/h3-13H,1-2,14-18H2. The minimum atomic E-state index is -0.437. The van der Waals surface area contributed by atoms with E-state index in [4.69, 9.17) is 4.74 Å². The molecule has 0 unspecified atom stereocenters. The Balaban J connectivity index is 1.93. The highest BCUT2D eigenvalue weighted by Gasteiger charge is 2.30. The molecule has 1 fully saturated rings. The molecule has 0 aliphatic carbocycles. The normalized spacial score (nSPS) is 13.5. The molecule has 7 heteroatoms. The molecular formula is C26H25N3O4. The molecule has 1 aliphatic rings. The minimum Gasteiger partial charge on any atom is -0.378 e. The number of amides is 1. The van der Waals surface area contributed by atoms with Crippen LogP contribution in [0.25, 0.3) is 23.3 Å². The van der Waals surface area contributed by atoms with E-state index in [0.29, 0.717) is 55.2 Å². The summed E-state index contributed by atoms with van der Waals surface area (Å²) in [5, 5.41) is 11.2. The molecule has 0 spiro atoms. The lowest BCUT2D eigenvalue weighted by molar-refractivity contribution is -0.384. The lowest BCUT2D eigenvalue weighted by Crippen LogP contribution is -2.41. The maximum absolute atomic E-state index is 13.7. The van der Waals surface area contributed by atoms with Crippen LogP contribution in [0.3, 0.4) is 0 Å². The predicted octanol–water partition coefficient (Wildman–Crippen LogP) is 4.87. The molecule has 1 amide bonds. The summed E-state index contributed by atoms with van der Waals surface area (Å²) in [4.78, 5) is 26.3. The van der Waals surface area contributed by atoms with Crippen molar-refractivity contribution in [3.8, 4) is 11.1 Å². The molecule has 1 aromatic heterocycles. The molecule has 0 atom stereocenters. The molecule has 0 saturated carbocycles. The number of hydrogen-bond acceptors (Lipinski definition) is 4. The number of nitro groups is 1. The highest BCUT2D eigenvalue weighted by Crippen LogP contribution is 2.37. The number of ether oxygens (including phenoxy) is 1. The first-order valence-corrected chi connectivity index (χ1v) is 10.7. The Morgan fingerprint density at radius 3 is 2.21 bits per heavy atom. The van der Waals surface area contributed by atoms with Crippen LogP contribution in [0.15, 0.2) is 67.8 Å². The maximum Gasteiger partial charge on any atom is 0.269 e. The van der Waals surface area contributed by atoms with Gasteiger partial charge in [0.2, 0.25) is 0 Å². The van der Waals surface area contributed by atoms with Crippen molar-refractivity contribution < 1.29 is 14.5 Å². The molecule has 7 nitrogen and oxygen atoms in total. The van der Waals surface area contributed by atoms with Gasteiger partial charge in [0, 0.05) is 43.0 Å². The number of carbonyl (C=O) groups is 1. The van der Waals surface area contributed by atoms with Gasteiger partial charge in [0.15, 0.2) is 0 Å². The van der Waals surface area contributed by atoms with Crippen LogP contribution in [0, 0.1) is 10.1 Å². The van der Waals surface area contributed by atoms with Gasteiger partial charge in [-0.25, -0.2) is 0 Å². The summed E-state index contributed by atoms with van der Waals surface area (Å²) >= 11 is 0. The van der Waals surface area contributed by atoms with Gasteiger partial charge in [0.25, 0.3) is 11.6 Å². The molecule has 33 heavy (non-hydrogen) atoms. The minimum absolute atomic E-state index is 0.00683. The Kier molecular flexibility index (Phi) is 6.51. The van der Waals surface area contributed by atoms with E-state index >= 15 is 0 Å². The Bertz CT molecular complexity index is 1190. The van der Waals surface area contributed by atoms with E-state index < -0.39 is 4.92 Å². The number of aromatic nitrogens is 1. The van der Waals surface area contributed by atoms with Crippen molar-refractivity contribution in [2.24, 2.45) is 0 Å². The number of nitrogens with zero attached hydrogens (tertiary/aromatic N) is 3. The number of rotatable bonds is 7. The zero-order valence-corrected chi connectivity index (χ0v) is 18.3. The number of hydrogen-bond donors (Lipinski definition) is 0. The Labute approximate surface area is 192 Å². The fourth-order valence-corrected chi connectivity index (χ4v) is 4.20. The summed E-state index contributed by atoms with van der Waals surface area (Å²) in [7, 11) is 0. The van der Waals surface area contributed by atoms with E-state index in [1.807, 2.05) is 34.9 Å². The van der Waals surface area contributed by atoms with Crippen molar-refractivity contribution in [2.45, 2.75) is 6.54 Å². The average Bonchev–Trinajstić information content (AvgIpc) is 3.17. The number of non-ortho nitro benzene ring substituents is 1. The highest BCUT2D eigenvalue weighted by atomic mass is 16.6. The van der Waals surface area contributed by atoms with Gasteiger partial charge in [0.05, 0.1) is 29.4 Å². The van der Waals surface area contributed by atoms with Crippen LogP contribution in [0.2, 0.25) is 0 Å². The van der Waals surface area contributed by atoms with Crippen molar-refractivity contribution in [2.75, 3.05) is 26.3 Å². The quantitative estimate of drug-likeness (QED) is 0.386. The summed E-state index contributed by atoms with van der Waals surface area (Å²) in [5.41, 5.74) is 4.44. The topological polar surface area (TPSA) is 77.6 Å². The average molecular weight is 444 g/mol. The lowest BCUT2D eigenvalue weighted by Gasteiger charge is -2.27. The van der Waals surface area contributed by atoms with Crippen molar-refractivity contribution in [1.82, 2.24) is 9.47 Å². The number of nitro benzene ring substituents is 1. The second-order valence-corrected chi connectivity index (χ2v) is 7.71. The van der Waals surface area contributed by atoms with Crippen LogP contribution in [0.5, 0.6) is 0 Å². The van der Waals surface area contributed by atoms with E-state index in [1.54, 1.807) is 29.2 Å². The van der Waals surface area contributed by atoms with Crippen LogP contribution in [-0.2, 0) is 11.3 Å². The fourth-order valence-electron chi connectivity index (χ4n) is 4.20. The molecule has 2 heterocycles. The first-order chi connectivity index (χ1) is 16.0. The molecular weight excluding hydrogens is 418 g/mol. The highest BCUT2D eigenvalue weighted by molar-refractivity contribution is 6.06. The summed E-state index contributed by atoms with van der Waals surface area (Å²) < 4.78 is 7.45. The van der Waals surface area contributed by atoms with Crippen LogP contribution in [-0.4, -0.2) is 46.6 Å². The lowest BCUT2D eigenvalue weighted by atomic mass is 9.98. The Morgan fingerprint density at radius 2 is 1.64 bits per heavy atom. The first-order valence-electron chi connectivity index (χ1n) is 10.7. The third kappa shape index (κ3) is 4.36. The molecule has 2 aromatic carbocycles. The van der Waals surface area contributed by atoms with Gasteiger partial charge in [0.1, 0.15) is 0 Å². The maximum atomic E-state index is 13.7.